The minimum atomic E-state index is -3.96. The lowest BCUT2D eigenvalue weighted by atomic mass is 9.97. The first-order chi connectivity index (χ1) is 15.1. The summed E-state index contributed by atoms with van der Waals surface area (Å²) in [5.74, 6) is -0.781. The van der Waals surface area contributed by atoms with Gasteiger partial charge in [-0.3, -0.25) is 13.9 Å². The zero-order valence-corrected chi connectivity index (χ0v) is 19.8. The second-order valence-electron chi connectivity index (χ2n) is 8.22. The summed E-state index contributed by atoms with van der Waals surface area (Å²) >= 11 is 0. The Morgan fingerprint density at radius 2 is 1.66 bits per heavy atom. The fraction of sp³-hybridized carbons (Fsp3) is 0.417. The molecule has 1 saturated heterocycles. The number of methoxy groups -OCH3 is 1. The highest BCUT2D eigenvalue weighted by atomic mass is 32.2. The van der Waals surface area contributed by atoms with Gasteiger partial charge in [-0.1, -0.05) is 29.8 Å². The van der Waals surface area contributed by atoms with Crippen LogP contribution in [-0.2, 0) is 24.3 Å². The van der Waals surface area contributed by atoms with Gasteiger partial charge in [-0.2, -0.15) is 0 Å². The Morgan fingerprint density at radius 3 is 2.25 bits per heavy atom. The maximum absolute atomic E-state index is 13.6. The number of hydrogen-bond donors (Lipinski definition) is 0. The van der Waals surface area contributed by atoms with Crippen LogP contribution < -0.4 is 4.31 Å². The zero-order chi connectivity index (χ0) is 23.5. The van der Waals surface area contributed by atoms with Crippen LogP contribution in [0.4, 0.5) is 5.69 Å². The second-order valence-corrected chi connectivity index (χ2v) is 10.1. The van der Waals surface area contributed by atoms with Crippen LogP contribution in [0.25, 0.3) is 0 Å². The average molecular weight is 459 g/mol. The van der Waals surface area contributed by atoms with Crippen molar-refractivity contribution >= 4 is 27.6 Å². The summed E-state index contributed by atoms with van der Waals surface area (Å²) in [7, 11) is -2.60. The fourth-order valence-electron chi connectivity index (χ4n) is 3.90. The first kappa shape index (κ1) is 23.8. The highest BCUT2D eigenvalue weighted by Gasteiger charge is 2.33. The highest BCUT2D eigenvalue weighted by molar-refractivity contribution is 7.92. The third-order valence-corrected chi connectivity index (χ3v) is 7.89. The van der Waals surface area contributed by atoms with Gasteiger partial charge >= 0.3 is 5.97 Å². The monoisotopic (exact) mass is 458 g/mol. The molecule has 0 aliphatic carbocycles. The predicted molar refractivity (Wildman–Crippen MR) is 123 cm³/mol. The molecule has 1 amide bonds. The molecule has 172 valence electrons. The van der Waals surface area contributed by atoms with Crippen LogP contribution in [0.5, 0.6) is 0 Å². The largest absolute Gasteiger partial charge is 0.469 e. The molecule has 1 fully saturated rings. The van der Waals surface area contributed by atoms with E-state index in [0.29, 0.717) is 31.6 Å². The molecule has 0 atom stereocenters. The number of nitrogens with zero attached hydrogens (tertiary/aromatic N) is 2. The molecule has 8 heteroatoms. The fourth-order valence-corrected chi connectivity index (χ4v) is 5.37. The third kappa shape index (κ3) is 4.96. The minimum Gasteiger partial charge on any atom is -0.469 e. The smallest absolute Gasteiger partial charge is 0.308 e. The standard InChI is InChI=1S/C24H30N2O5S/c1-17-8-10-21(11-9-17)32(29,30)26(22-7-5-6-18(2)19(22)3)16-23(27)25-14-12-20(13-15-25)24(28)31-4/h5-11,20H,12-16H2,1-4H3. The minimum absolute atomic E-state index is 0.140. The molecular weight excluding hydrogens is 428 g/mol. The normalized spacial score (nSPS) is 14.8. The second kappa shape index (κ2) is 9.73. The van der Waals surface area contributed by atoms with Gasteiger partial charge in [-0.25, -0.2) is 8.42 Å². The van der Waals surface area contributed by atoms with E-state index in [4.69, 9.17) is 4.74 Å². The number of amides is 1. The van der Waals surface area contributed by atoms with E-state index in [9.17, 15) is 18.0 Å². The van der Waals surface area contributed by atoms with Crippen LogP contribution in [0.2, 0.25) is 0 Å². The van der Waals surface area contributed by atoms with Gasteiger partial charge < -0.3 is 9.64 Å². The zero-order valence-electron chi connectivity index (χ0n) is 19.0. The molecule has 1 aliphatic heterocycles. The Morgan fingerprint density at radius 1 is 1.03 bits per heavy atom. The van der Waals surface area contributed by atoms with Crippen LogP contribution in [0.1, 0.15) is 29.5 Å². The molecule has 3 rings (SSSR count). The number of esters is 1. The first-order valence-corrected chi connectivity index (χ1v) is 12.1. The Bertz CT molecular complexity index is 1090. The molecule has 1 aliphatic rings. The molecule has 7 nitrogen and oxygen atoms in total. The summed E-state index contributed by atoms with van der Waals surface area (Å²) in [6.45, 7) is 6.14. The van der Waals surface area contributed by atoms with Crippen molar-refractivity contribution in [2.75, 3.05) is 31.0 Å². The van der Waals surface area contributed by atoms with E-state index >= 15 is 0 Å². The average Bonchev–Trinajstić information content (AvgIpc) is 2.79. The topological polar surface area (TPSA) is 84.0 Å². The van der Waals surface area contributed by atoms with E-state index < -0.39 is 10.0 Å². The Kier molecular flexibility index (Phi) is 7.23. The summed E-state index contributed by atoms with van der Waals surface area (Å²) < 4.78 is 33.2. The summed E-state index contributed by atoms with van der Waals surface area (Å²) in [6.07, 6.45) is 1.01. The van der Waals surface area contributed by atoms with Crippen LogP contribution in [0.15, 0.2) is 47.4 Å². The van der Waals surface area contributed by atoms with Crippen molar-refractivity contribution in [1.29, 1.82) is 0 Å². The number of hydrogen-bond acceptors (Lipinski definition) is 5. The number of sulfonamides is 1. The van der Waals surface area contributed by atoms with Crippen molar-refractivity contribution in [3.8, 4) is 0 Å². The lowest BCUT2D eigenvalue weighted by Crippen LogP contribution is -2.47. The molecule has 0 radical (unpaired) electrons. The van der Waals surface area contributed by atoms with Gasteiger partial charge in [-0.05, 0) is 62.9 Å². The number of likely N-dealkylation sites (tertiary alicyclic amines) is 1. The maximum Gasteiger partial charge on any atom is 0.308 e. The van der Waals surface area contributed by atoms with Gasteiger partial charge in [0.25, 0.3) is 10.0 Å². The van der Waals surface area contributed by atoms with E-state index in [2.05, 4.69) is 0 Å². The highest BCUT2D eigenvalue weighted by Crippen LogP contribution is 2.29. The molecule has 0 N–H and O–H groups in total. The Hall–Kier alpha value is -2.87. The molecule has 0 spiro atoms. The van der Waals surface area contributed by atoms with Crippen LogP contribution in [0, 0.1) is 26.7 Å². The van der Waals surface area contributed by atoms with Gasteiger partial charge in [0.2, 0.25) is 5.91 Å². The number of rotatable bonds is 6. The van der Waals surface area contributed by atoms with Crippen LogP contribution in [-0.4, -0.2) is 51.9 Å². The van der Waals surface area contributed by atoms with Crippen LogP contribution in [0.3, 0.4) is 0 Å². The number of aryl methyl sites for hydroxylation is 2. The lowest BCUT2D eigenvalue weighted by Gasteiger charge is -2.33. The number of carbonyl (C=O) groups is 2. The molecule has 2 aromatic carbocycles. The number of carbonyl (C=O) groups excluding carboxylic acids is 2. The van der Waals surface area contributed by atoms with Gasteiger partial charge in [0.1, 0.15) is 6.54 Å². The van der Waals surface area contributed by atoms with E-state index in [1.807, 2.05) is 26.8 Å². The predicted octanol–water partition coefficient (Wildman–Crippen LogP) is 3.22. The van der Waals surface area contributed by atoms with E-state index in [0.717, 1.165) is 16.7 Å². The van der Waals surface area contributed by atoms with Crippen molar-refractivity contribution in [3.05, 3.63) is 59.2 Å². The quantitative estimate of drug-likeness (QED) is 0.621. The number of benzene rings is 2. The van der Waals surface area contributed by atoms with E-state index in [1.54, 1.807) is 41.3 Å². The molecule has 32 heavy (non-hydrogen) atoms. The summed E-state index contributed by atoms with van der Waals surface area (Å²) in [6, 6.07) is 12.0. The molecule has 1 heterocycles. The third-order valence-electron chi connectivity index (χ3n) is 6.11. The Balaban J connectivity index is 1.90. The first-order valence-electron chi connectivity index (χ1n) is 10.7. The number of anilines is 1. The SMILES string of the molecule is COC(=O)C1CCN(C(=O)CN(c2cccc(C)c2C)S(=O)(=O)c2ccc(C)cc2)CC1. The lowest BCUT2D eigenvalue weighted by molar-refractivity contribution is -0.148. The Labute approximate surface area is 190 Å². The van der Waals surface area contributed by atoms with Crippen molar-refractivity contribution in [2.45, 2.75) is 38.5 Å². The van der Waals surface area contributed by atoms with Crippen molar-refractivity contribution < 1.29 is 22.7 Å². The number of piperidine rings is 1. The van der Waals surface area contributed by atoms with Gasteiger partial charge in [0.05, 0.1) is 23.6 Å². The summed E-state index contributed by atoms with van der Waals surface area (Å²) in [5, 5.41) is 0. The van der Waals surface area contributed by atoms with Gasteiger partial charge in [0.15, 0.2) is 0 Å². The van der Waals surface area contributed by atoms with E-state index in [1.165, 1.54) is 11.4 Å². The van der Waals surface area contributed by atoms with Gasteiger partial charge in [0, 0.05) is 13.1 Å². The van der Waals surface area contributed by atoms with E-state index in [-0.39, 0.29) is 29.2 Å². The van der Waals surface area contributed by atoms with Crippen LogP contribution >= 0.6 is 0 Å². The van der Waals surface area contributed by atoms with Crippen molar-refractivity contribution in [1.82, 2.24) is 4.90 Å². The molecular formula is C24H30N2O5S. The summed E-state index contributed by atoms with van der Waals surface area (Å²) in [5.41, 5.74) is 3.19. The van der Waals surface area contributed by atoms with Crippen molar-refractivity contribution in [3.63, 3.8) is 0 Å². The molecule has 0 bridgehead atoms. The molecule has 0 aromatic heterocycles. The molecule has 0 unspecified atom stereocenters. The van der Waals surface area contributed by atoms with Gasteiger partial charge in [-0.15, -0.1) is 0 Å². The number of ether oxygens (including phenoxy) is 1. The maximum atomic E-state index is 13.6. The van der Waals surface area contributed by atoms with Crippen molar-refractivity contribution in [2.24, 2.45) is 5.92 Å². The molecule has 0 saturated carbocycles. The summed E-state index contributed by atoms with van der Waals surface area (Å²) in [4.78, 5) is 26.7. The molecule has 2 aromatic rings.